The molecule has 1 aromatic heterocycles. The van der Waals surface area contributed by atoms with Gasteiger partial charge in [-0.15, -0.1) is 0 Å². The second-order valence-corrected chi connectivity index (χ2v) is 4.25. The fourth-order valence-corrected chi connectivity index (χ4v) is 1.85. The van der Waals surface area contributed by atoms with Crippen LogP contribution in [-0.2, 0) is 0 Å². The zero-order valence-corrected chi connectivity index (χ0v) is 9.69. The lowest BCUT2D eigenvalue weighted by molar-refractivity contribution is 0.454. The second kappa shape index (κ2) is 6.90. The Morgan fingerprint density at radius 3 is 3.00 bits per heavy atom. The fraction of sp³-hybridized carbons (Fsp3) is 0.700. The average molecular weight is 214 g/mol. The number of nitrogens with zero attached hydrogens (tertiary/aromatic N) is 1. The Hall–Kier alpha value is -0.480. The van der Waals surface area contributed by atoms with E-state index in [9.17, 15) is 0 Å². The van der Waals surface area contributed by atoms with Gasteiger partial charge in [0.05, 0.1) is 5.69 Å². The predicted molar refractivity (Wildman–Crippen MR) is 59.7 cm³/mol. The van der Waals surface area contributed by atoms with Crippen LogP contribution in [0.2, 0.25) is 0 Å². The highest BCUT2D eigenvalue weighted by atomic mass is 32.2. The van der Waals surface area contributed by atoms with Crippen molar-refractivity contribution in [3.05, 3.63) is 12.0 Å². The van der Waals surface area contributed by atoms with E-state index in [1.165, 1.54) is 6.42 Å². The van der Waals surface area contributed by atoms with Crippen molar-refractivity contribution in [2.45, 2.75) is 31.9 Å². The summed E-state index contributed by atoms with van der Waals surface area (Å²) in [4.78, 5) is 4.22. The van der Waals surface area contributed by atoms with Crippen molar-refractivity contribution < 1.29 is 4.42 Å². The second-order valence-electron chi connectivity index (χ2n) is 3.21. The van der Waals surface area contributed by atoms with Gasteiger partial charge in [0.2, 0.25) is 0 Å². The molecule has 1 rings (SSSR count). The van der Waals surface area contributed by atoms with Crippen LogP contribution >= 0.6 is 11.8 Å². The van der Waals surface area contributed by atoms with Gasteiger partial charge in [0.15, 0.2) is 0 Å². The number of aromatic nitrogens is 1. The smallest absolute Gasteiger partial charge is 0.255 e. The molecule has 1 aromatic rings. The molecule has 0 aromatic carbocycles. The molecule has 3 nitrogen and oxygen atoms in total. The van der Waals surface area contributed by atoms with Crippen LogP contribution in [0, 0.1) is 6.92 Å². The van der Waals surface area contributed by atoms with Gasteiger partial charge in [-0.2, -0.15) is 0 Å². The first-order valence-electron chi connectivity index (χ1n) is 5.08. The van der Waals surface area contributed by atoms with Gasteiger partial charge in [0.1, 0.15) is 6.26 Å². The van der Waals surface area contributed by atoms with E-state index >= 15 is 0 Å². The summed E-state index contributed by atoms with van der Waals surface area (Å²) < 4.78 is 5.22. The molecule has 1 N–H and O–H groups in total. The average Bonchev–Trinajstić information content (AvgIpc) is 2.58. The first-order chi connectivity index (χ1) is 6.83. The zero-order chi connectivity index (χ0) is 10.2. The molecule has 0 aliphatic rings. The molecular weight excluding hydrogens is 196 g/mol. The Labute approximate surface area is 89.7 Å². The molecule has 0 radical (unpaired) electrons. The Bertz CT molecular complexity index is 250. The molecule has 0 spiro atoms. The Kier molecular flexibility index (Phi) is 5.71. The fourth-order valence-electron chi connectivity index (χ4n) is 1.06. The number of oxazole rings is 1. The highest BCUT2D eigenvalue weighted by molar-refractivity contribution is 7.99. The van der Waals surface area contributed by atoms with Crippen LogP contribution in [0.3, 0.4) is 0 Å². The molecule has 0 aliphatic heterocycles. The van der Waals surface area contributed by atoms with Crippen LogP contribution in [0.5, 0.6) is 0 Å². The minimum absolute atomic E-state index is 0.790. The first-order valence-corrected chi connectivity index (χ1v) is 6.07. The lowest BCUT2D eigenvalue weighted by Crippen LogP contribution is -2.16. The first kappa shape index (κ1) is 11.6. The molecule has 0 saturated heterocycles. The summed E-state index contributed by atoms with van der Waals surface area (Å²) in [6, 6.07) is 0. The number of thioether (sulfide) groups is 1. The van der Waals surface area contributed by atoms with Crippen molar-refractivity contribution in [1.29, 1.82) is 0 Å². The Morgan fingerprint density at radius 2 is 2.36 bits per heavy atom. The third-order valence-corrected chi connectivity index (χ3v) is 2.68. The van der Waals surface area contributed by atoms with E-state index in [0.29, 0.717) is 0 Å². The van der Waals surface area contributed by atoms with Gasteiger partial charge in [-0.05, 0) is 32.9 Å². The van der Waals surface area contributed by atoms with Crippen LogP contribution in [0.15, 0.2) is 15.9 Å². The van der Waals surface area contributed by atoms with Crippen molar-refractivity contribution >= 4 is 11.8 Å². The van der Waals surface area contributed by atoms with E-state index in [4.69, 9.17) is 4.42 Å². The van der Waals surface area contributed by atoms with Crippen molar-refractivity contribution in [2.24, 2.45) is 0 Å². The molecule has 4 heteroatoms. The minimum atomic E-state index is 0.790. The molecule has 0 aliphatic carbocycles. The van der Waals surface area contributed by atoms with Crippen LogP contribution in [0.1, 0.15) is 25.5 Å². The predicted octanol–water partition coefficient (Wildman–Crippen LogP) is 2.46. The number of nitrogens with one attached hydrogen (secondary N) is 1. The summed E-state index contributed by atoms with van der Waals surface area (Å²) in [5.74, 6) is 1.07. The van der Waals surface area contributed by atoms with E-state index in [2.05, 4.69) is 17.2 Å². The molecule has 80 valence electrons. The number of aryl methyl sites for hydroxylation is 1. The van der Waals surface area contributed by atoms with Crippen molar-refractivity contribution in [3.63, 3.8) is 0 Å². The lowest BCUT2D eigenvalue weighted by atomic mass is 10.4. The Balaban J connectivity index is 1.99. The maximum Gasteiger partial charge on any atom is 0.255 e. The third kappa shape index (κ3) is 4.67. The van der Waals surface area contributed by atoms with Crippen molar-refractivity contribution in [3.8, 4) is 0 Å². The van der Waals surface area contributed by atoms with Crippen molar-refractivity contribution in [2.75, 3.05) is 18.8 Å². The van der Waals surface area contributed by atoms with E-state index in [-0.39, 0.29) is 0 Å². The number of hydrogen-bond donors (Lipinski definition) is 1. The lowest BCUT2D eigenvalue weighted by Gasteiger charge is -2.00. The maximum atomic E-state index is 5.22. The number of rotatable bonds is 7. The highest BCUT2D eigenvalue weighted by Gasteiger charge is 1.99. The van der Waals surface area contributed by atoms with E-state index in [0.717, 1.165) is 36.2 Å². The molecule has 0 fully saturated rings. The maximum absolute atomic E-state index is 5.22. The summed E-state index contributed by atoms with van der Waals surface area (Å²) in [5.41, 5.74) is 0.955. The number of hydrogen-bond acceptors (Lipinski definition) is 4. The van der Waals surface area contributed by atoms with E-state index in [1.807, 2.05) is 6.92 Å². The third-order valence-electron chi connectivity index (χ3n) is 1.75. The van der Waals surface area contributed by atoms with Crippen molar-refractivity contribution in [1.82, 2.24) is 10.3 Å². The monoisotopic (exact) mass is 214 g/mol. The van der Waals surface area contributed by atoms with E-state index < -0.39 is 0 Å². The van der Waals surface area contributed by atoms with Crippen LogP contribution in [0.4, 0.5) is 0 Å². The summed E-state index contributed by atoms with van der Waals surface area (Å²) in [6.45, 7) is 6.32. The summed E-state index contributed by atoms with van der Waals surface area (Å²) >= 11 is 1.68. The Morgan fingerprint density at radius 1 is 1.50 bits per heavy atom. The van der Waals surface area contributed by atoms with Gasteiger partial charge in [-0.25, -0.2) is 4.98 Å². The summed E-state index contributed by atoms with van der Waals surface area (Å²) in [6.07, 6.45) is 4.05. The van der Waals surface area contributed by atoms with Gasteiger partial charge in [0.25, 0.3) is 5.22 Å². The zero-order valence-electron chi connectivity index (χ0n) is 8.88. The summed E-state index contributed by atoms with van der Waals surface area (Å²) in [7, 11) is 0. The molecule has 0 unspecified atom stereocenters. The SMILES string of the molecule is CCCNCCCSc1nc(C)co1. The van der Waals surface area contributed by atoms with Crippen LogP contribution < -0.4 is 5.32 Å². The summed E-state index contributed by atoms with van der Waals surface area (Å²) in [5, 5.41) is 4.15. The quantitative estimate of drug-likeness (QED) is 0.559. The molecule has 0 atom stereocenters. The molecule has 0 amide bonds. The highest BCUT2D eigenvalue weighted by Crippen LogP contribution is 2.16. The molecule has 0 saturated carbocycles. The van der Waals surface area contributed by atoms with Crippen LogP contribution in [-0.4, -0.2) is 23.8 Å². The topological polar surface area (TPSA) is 38.1 Å². The van der Waals surface area contributed by atoms with E-state index in [1.54, 1.807) is 18.0 Å². The minimum Gasteiger partial charge on any atom is -0.440 e. The van der Waals surface area contributed by atoms with Gasteiger partial charge >= 0.3 is 0 Å². The van der Waals surface area contributed by atoms with Gasteiger partial charge < -0.3 is 9.73 Å². The largest absolute Gasteiger partial charge is 0.440 e. The normalized spacial score (nSPS) is 10.7. The molecular formula is C10H18N2OS. The van der Waals surface area contributed by atoms with Crippen LogP contribution in [0.25, 0.3) is 0 Å². The van der Waals surface area contributed by atoms with Gasteiger partial charge in [-0.1, -0.05) is 18.7 Å². The molecule has 0 bridgehead atoms. The molecule has 14 heavy (non-hydrogen) atoms. The molecule has 1 heterocycles. The standard InChI is InChI=1S/C10H18N2OS/c1-3-5-11-6-4-7-14-10-12-9(2)8-13-10/h8,11H,3-7H2,1-2H3. The van der Waals surface area contributed by atoms with Gasteiger partial charge in [0, 0.05) is 5.75 Å². The van der Waals surface area contributed by atoms with Gasteiger partial charge in [-0.3, -0.25) is 0 Å².